The van der Waals surface area contributed by atoms with Crippen LogP contribution >= 0.6 is 0 Å². The van der Waals surface area contributed by atoms with Gasteiger partial charge >= 0.3 is 6.03 Å². The molecule has 2 aromatic rings. The highest BCUT2D eigenvalue weighted by Gasteiger charge is 2.24. The number of nitrogens with zero attached hydrogens (tertiary/aromatic N) is 3. The molecule has 1 aromatic heterocycles. The van der Waals surface area contributed by atoms with E-state index in [1.165, 1.54) is 0 Å². The van der Waals surface area contributed by atoms with Gasteiger partial charge in [0.1, 0.15) is 12.4 Å². The van der Waals surface area contributed by atoms with E-state index in [-0.39, 0.29) is 29.9 Å². The number of rotatable bonds is 8. The number of anilines is 1. The van der Waals surface area contributed by atoms with Crippen molar-refractivity contribution in [2.24, 2.45) is 0 Å². The Morgan fingerprint density at radius 2 is 1.87 bits per heavy atom. The largest absolute Gasteiger partial charge is 0.338 e. The fourth-order valence-electron chi connectivity index (χ4n) is 3.12. The van der Waals surface area contributed by atoms with Gasteiger partial charge in [-0.2, -0.15) is 5.10 Å². The molecule has 1 heterocycles. The van der Waals surface area contributed by atoms with Gasteiger partial charge < -0.3 is 15.5 Å². The zero-order chi connectivity index (χ0) is 23.2. The second kappa shape index (κ2) is 10.5. The average molecular weight is 428 g/mol. The van der Waals surface area contributed by atoms with Gasteiger partial charge in [0.2, 0.25) is 5.91 Å². The van der Waals surface area contributed by atoms with Crippen molar-refractivity contribution in [1.82, 2.24) is 20.0 Å². The third-order valence-electron chi connectivity index (χ3n) is 5.09. The Balaban J connectivity index is 2.26. The topological polar surface area (TPSA) is 79.3 Å². The van der Waals surface area contributed by atoms with E-state index in [1.54, 1.807) is 9.58 Å². The maximum atomic E-state index is 12.9. The van der Waals surface area contributed by atoms with Gasteiger partial charge in [0.05, 0.1) is 11.4 Å². The Morgan fingerprint density at radius 1 is 1.19 bits per heavy atom. The van der Waals surface area contributed by atoms with Gasteiger partial charge in [-0.3, -0.25) is 4.79 Å². The van der Waals surface area contributed by atoms with E-state index >= 15 is 0 Å². The molecular weight excluding hydrogens is 390 g/mol. The molecule has 0 saturated carbocycles. The Labute approximate surface area is 186 Å². The summed E-state index contributed by atoms with van der Waals surface area (Å²) < 4.78 is 1.77. The fourth-order valence-corrected chi connectivity index (χ4v) is 3.12. The van der Waals surface area contributed by atoms with Crippen molar-refractivity contribution < 1.29 is 9.59 Å². The Bertz CT molecular complexity index is 896. The van der Waals surface area contributed by atoms with E-state index in [0.717, 1.165) is 29.8 Å². The number of hydrogen-bond donors (Lipinski definition) is 2. The molecule has 0 radical (unpaired) electrons. The van der Waals surface area contributed by atoms with Crippen LogP contribution in [-0.2, 0) is 10.2 Å². The van der Waals surface area contributed by atoms with Crippen LogP contribution < -0.4 is 10.6 Å². The normalized spacial score (nSPS) is 11.5. The van der Waals surface area contributed by atoms with Crippen LogP contribution in [0.4, 0.5) is 10.6 Å². The van der Waals surface area contributed by atoms with Crippen LogP contribution in [0.15, 0.2) is 30.3 Å². The van der Waals surface area contributed by atoms with Gasteiger partial charge in [-0.15, -0.1) is 0 Å². The highest BCUT2D eigenvalue weighted by Crippen LogP contribution is 2.27. The lowest BCUT2D eigenvalue weighted by molar-refractivity contribution is -0.117. The minimum atomic E-state index is -0.255. The highest BCUT2D eigenvalue weighted by atomic mass is 16.2. The predicted octanol–water partition coefficient (Wildman–Crippen LogP) is 4.64. The number of aryl methyl sites for hydroxylation is 1. The zero-order valence-electron chi connectivity index (χ0n) is 20.0. The van der Waals surface area contributed by atoms with Gasteiger partial charge in [-0.05, 0) is 38.8 Å². The smallest absolute Gasteiger partial charge is 0.318 e. The summed E-state index contributed by atoms with van der Waals surface area (Å²) in [7, 11) is 0. The molecular formula is C24H37N5O2. The molecule has 2 N–H and O–H groups in total. The van der Waals surface area contributed by atoms with Gasteiger partial charge in [-0.25, -0.2) is 9.48 Å². The van der Waals surface area contributed by atoms with E-state index < -0.39 is 0 Å². The lowest BCUT2D eigenvalue weighted by Gasteiger charge is -2.26. The monoisotopic (exact) mass is 427 g/mol. The van der Waals surface area contributed by atoms with Crippen molar-refractivity contribution in [2.45, 2.75) is 72.8 Å². The second-order valence-electron chi connectivity index (χ2n) is 9.22. The average Bonchev–Trinajstić information content (AvgIpc) is 3.10. The van der Waals surface area contributed by atoms with Crippen molar-refractivity contribution in [2.75, 3.05) is 18.4 Å². The molecule has 7 heteroatoms. The van der Waals surface area contributed by atoms with E-state index in [1.807, 2.05) is 51.1 Å². The SMILES string of the molecule is CCCCNC(=O)N(CC(=O)Nc1cc(C(C)(C)C)nn1-c1ccccc1C)C(C)C. The third kappa shape index (κ3) is 6.57. The number of carbonyl (C=O) groups is 2. The number of unbranched alkanes of at least 4 members (excludes halogenated alkanes) is 1. The van der Waals surface area contributed by atoms with Crippen molar-refractivity contribution in [3.8, 4) is 5.69 Å². The highest BCUT2D eigenvalue weighted by molar-refractivity contribution is 5.94. The molecule has 0 fully saturated rings. The first-order valence-electron chi connectivity index (χ1n) is 11.1. The quantitative estimate of drug-likeness (QED) is 0.603. The number of hydrogen-bond acceptors (Lipinski definition) is 3. The first-order chi connectivity index (χ1) is 14.5. The maximum Gasteiger partial charge on any atom is 0.318 e. The standard InChI is InChI=1S/C24H37N5O2/c1-8-9-14-25-23(31)28(17(2)3)16-22(30)26-21-15-20(24(5,6)7)27-29(21)19-13-11-10-12-18(19)4/h10-13,15,17H,8-9,14,16H2,1-7H3,(H,25,31)(H,26,30). The van der Waals surface area contributed by atoms with Crippen LogP contribution in [0.1, 0.15) is 65.6 Å². The van der Waals surface area contributed by atoms with Crippen LogP contribution in [0.5, 0.6) is 0 Å². The Kier molecular flexibility index (Phi) is 8.25. The molecule has 0 aliphatic carbocycles. The van der Waals surface area contributed by atoms with Gasteiger partial charge in [0.25, 0.3) is 0 Å². The van der Waals surface area contributed by atoms with Crippen molar-refractivity contribution >= 4 is 17.8 Å². The third-order valence-corrected chi connectivity index (χ3v) is 5.09. The second-order valence-corrected chi connectivity index (χ2v) is 9.22. The maximum absolute atomic E-state index is 12.9. The van der Waals surface area contributed by atoms with Crippen LogP contribution in [0.25, 0.3) is 5.69 Å². The summed E-state index contributed by atoms with van der Waals surface area (Å²) in [5, 5.41) is 10.6. The molecule has 7 nitrogen and oxygen atoms in total. The van der Waals surface area contributed by atoms with E-state index in [9.17, 15) is 9.59 Å². The van der Waals surface area contributed by atoms with Crippen LogP contribution in [-0.4, -0.2) is 45.8 Å². The van der Waals surface area contributed by atoms with Crippen LogP contribution in [0.2, 0.25) is 0 Å². The number of amides is 3. The summed E-state index contributed by atoms with van der Waals surface area (Å²) in [4.78, 5) is 27.0. The number of urea groups is 1. The minimum absolute atomic E-state index is 0.0283. The molecule has 0 aliphatic rings. The Hall–Kier alpha value is -2.83. The molecule has 0 saturated heterocycles. The van der Waals surface area contributed by atoms with Crippen LogP contribution in [0, 0.1) is 6.92 Å². The van der Waals surface area contributed by atoms with E-state index in [4.69, 9.17) is 5.10 Å². The molecule has 0 aliphatic heterocycles. The summed E-state index contributed by atoms with van der Waals surface area (Å²) in [6.45, 7) is 14.7. The number of aromatic nitrogens is 2. The number of para-hydroxylation sites is 1. The van der Waals surface area contributed by atoms with Gasteiger partial charge in [-0.1, -0.05) is 52.3 Å². The minimum Gasteiger partial charge on any atom is -0.338 e. The van der Waals surface area contributed by atoms with Gasteiger partial charge in [0, 0.05) is 24.1 Å². The fraction of sp³-hybridized carbons (Fsp3) is 0.542. The van der Waals surface area contributed by atoms with E-state index in [2.05, 4.69) is 38.3 Å². The molecule has 0 unspecified atom stereocenters. The van der Waals surface area contributed by atoms with Crippen LogP contribution in [0.3, 0.4) is 0 Å². The number of carbonyl (C=O) groups excluding carboxylic acids is 2. The first kappa shape index (κ1) is 24.4. The molecule has 31 heavy (non-hydrogen) atoms. The molecule has 170 valence electrons. The van der Waals surface area contributed by atoms with Crippen molar-refractivity contribution in [3.05, 3.63) is 41.6 Å². The predicted molar refractivity (Wildman–Crippen MR) is 126 cm³/mol. The summed E-state index contributed by atoms with van der Waals surface area (Å²) in [5.74, 6) is 0.342. The molecule has 1 aromatic carbocycles. The summed E-state index contributed by atoms with van der Waals surface area (Å²) >= 11 is 0. The van der Waals surface area contributed by atoms with Crippen molar-refractivity contribution in [3.63, 3.8) is 0 Å². The summed E-state index contributed by atoms with van der Waals surface area (Å²) in [5.41, 5.74) is 2.67. The first-order valence-corrected chi connectivity index (χ1v) is 11.1. The van der Waals surface area contributed by atoms with Gasteiger partial charge in [0.15, 0.2) is 0 Å². The molecule has 3 amide bonds. The summed E-state index contributed by atoms with van der Waals surface area (Å²) in [6.07, 6.45) is 1.91. The Morgan fingerprint density at radius 3 is 2.45 bits per heavy atom. The lowest BCUT2D eigenvalue weighted by Crippen LogP contribution is -2.47. The zero-order valence-corrected chi connectivity index (χ0v) is 20.0. The molecule has 2 rings (SSSR count). The molecule has 0 atom stereocenters. The number of nitrogens with one attached hydrogen (secondary N) is 2. The van der Waals surface area contributed by atoms with Crippen molar-refractivity contribution in [1.29, 1.82) is 0 Å². The summed E-state index contributed by atoms with van der Waals surface area (Å²) in [6, 6.07) is 9.51. The number of benzene rings is 1. The lowest BCUT2D eigenvalue weighted by atomic mass is 9.92. The molecule has 0 spiro atoms. The van der Waals surface area contributed by atoms with E-state index in [0.29, 0.717) is 12.4 Å². The molecule has 0 bridgehead atoms.